The number of rotatable bonds is 4. The summed E-state index contributed by atoms with van der Waals surface area (Å²) in [5, 5.41) is 2.22. The van der Waals surface area contributed by atoms with Crippen molar-refractivity contribution < 1.29 is 4.42 Å². The first-order valence-electron chi connectivity index (χ1n) is 10.2. The van der Waals surface area contributed by atoms with Crippen LogP contribution in [0.15, 0.2) is 97.5 Å². The Bertz CT molecular complexity index is 1520. The van der Waals surface area contributed by atoms with Crippen molar-refractivity contribution in [3.05, 3.63) is 105 Å². The van der Waals surface area contributed by atoms with Gasteiger partial charge in [-0.05, 0) is 54.1 Å². The van der Waals surface area contributed by atoms with Crippen molar-refractivity contribution in [2.24, 2.45) is 12.0 Å². The van der Waals surface area contributed by atoms with Crippen LogP contribution in [-0.2, 0) is 7.05 Å². The van der Waals surface area contributed by atoms with Gasteiger partial charge in [0.1, 0.15) is 11.5 Å². The van der Waals surface area contributed by atoms with Crippen molar-refractivity contribution in [3.8, 4) is 17.0 Å². The molecule has 0 bridgehead atoms. The van der Waals surface area contributed by atoms with Gasteiger partial charge in [0.25, 0.3) is 5.56 Å². The predicted molar refractivity (Wildman–Crippen MR) is 132 cm³/mol. The highest BCUT2D eigenvalue weighted by Gasteiger charge is 2.15. The number of nitrogens with zero attached hydrogens (tertiary/aromatic N) is 3. The van der Waals surface area contributed by atoms with Crippen molar-refractivity contribution in [1.82, 2.24) is 9.36 Å². The smallest absolute Gasteiger partial charge is 0.297 e. The van der Waals surface area contributed by atoms with Gasteiger partial charge >= 0.3 is 0 Å². The SMILES string of the molecule is Cc1c(N=Cc2ccc(-c3ccc(Br)c4ccccc34)o2)c(=O)n(-c2ccccc2)n1C. The van der Waals surface area contributed by atoms with Crippen molar-refractivity contribution >= 4 is 38.6 Å². The molecule has 0 aliphatic carbocycles. The summed E-state index contributed by atoms with van der Waals surface area (Å²) in [5.41, 5.74) is 2.81. The molecular weight excluding hydrogens is 466 g/mol. The number of hydrogen-bond acceptors (Lipinski definition) is 3. The third-order valence-electron chi connectivity index (χ3n) is 5.61. The molecule has 32 heavy (non-hydrogen) atoms. The molecule has 3 aromatic carbocycles. The average Bonchev–Trinajstić information content (AvgIpc) is 3.36. The lowest BCUT2D eigenvalue weighted by molar-refractivity contribution is 0.576. The molecule has 0 fully saturated rings. The van der Waals surface area contributed by atoms with Gasteiger partial charge < -0.3 is 4.42 Å². The Morgan fingerprint density at radius 2 is 1.62 bits per heavy atom. The number of aromatic nitrogens is 2. The molecule has 0 radical (unpaired) electrons. The van der Waals surface area contributed by atoms with E-state index in [4.69, 9.17) is 4.42 Å². The molecule has 5 nitrogen and oxygen atoms in total. The number of furan rings is 1. The minimum absolute atomic E-state index is 0.168. The van der Waals surface area contributed by atoms with E-state index in [9.17, 15) is 4.79 Å². The first-order chi connectivity index (χ1) is 15.5. The number of halogens is 1. The molecule has 5 aromatic rings. The third-order valence-corrected chi connectivity index (χ3v) is 6.30. The molecule has 0 aliphatic heterocycles. The minimum atomic E-state index is -0.168. The van der Waals surface area contributed by atoms with Gasteiger partial charge in [0, 0.05) is 17.1 Å². The van der Waals surface area contributed by atoms with E-state index >= 15 is 0 Å². The average molecular weight is 486 g/mol. The maximum absolute atomic E-state index is 13.0. The lowest BCUT2D eigenvalue weighted by Crippen LogP contribution is -2.19. The molecular formula is C26H20BrN3O2. The van der Waals surface area contributed by atoms with Crippen molar-refractivity contribution in [1.29, 1.82) is 0 Å². The second-order valence-electron chi connectivity index (χ2n) is 7.51. The molecule has 5 rings (SSSR count). The first kappa shape index (κ1) is 20.3. The van der Waals surface area contributed by atoms with Gasteiger partial charge in [-0.1, -0.05) is 58.4 Å². The molecule has 0 unspecified atom stereocenters. The third kappa shape index (κ3) is 3.42. The quantitative estimate of drug-likeness (QED) is 0.276. The Kier molecular flexibility index (Phi) is 5.15. The van der Waals surface area contributed by atoms with Crippen LogP contribution in [0.5, 0.6) is 0 Å². The second kappa shape index (κ2) is 8.13. The van der Waals surface area contributed by atoms with E-state index in [-0.39, 0.29) is 5.56 Å². The highest BCUT2D eigenvalue weighted by atomic mass is 79.9. The Morgan fingerprint density at radius 1 is 0.906 bits per heavy atom. The molecule has 2 heterocycles. The molecule has 0 aliphatic rings. The van der Waals surface area contributed by atoms with Crippen LogP contribution < -0.4 is 5.56 Å². The van der Waals surface area contributed by atoms with Crippen LogP contribution in [0.3, 0.4) is 0 Å². The molecule has 6 heteroatoms. The lowest BCUT2D eigenvalue weighted by Gasteiger charge is -2.07. The predicted octanol–water partition coefficient (Wildman–Crippen LogP) is 6.41. The fourth-order valence-corrected chi connectivity index (χ4v) is 4.35. The van der Waals surface area contributed by atoms with E-state index in [2.05, 4.69) is 33.1 Å². The molecule has 0 saturated heterocycles. The Balaban J connectivity index is 1.51. The Morgan fingerprint density at radius 3 is 2.41 bits per heavy atom. The molecule has 2 aromatic heterocycles. The summed E-state index contributed by atoms with van der Waals surface area (Å²) in [4.78, 5) is 17.5. The van der Waals surface area contributed by atoms with E-state index in [1.807, 2.05) is 85.4 Å². The van der Waals surface area contributed by atoms with Crippen molar-refractivity contribution in [2.45, 2.75) is 6.92 Å². The number of hydrogen-bond donors (Lipinski definition) is 0. The maximum atomic E-state index is 13.0. The van der Waals surface area contributed by atoms with Gasteiger partial charge in [0.2, 0.25) is 0 Å². The summed E-state index contributed by atoms with van der Waals surface area (Å²) >= 11 is 3.61. The molecule has 0 saturated carbocycles. The molecule has 0 N–H and O–H groups in total. The van der Waals surface area contributed by atoms with Gasteiger partial charge in [-0.2, -0.15) is 0 Å². The monoisotopic (exact) mass is 485 g/mol. The van der Waals surface area contributed by atoms with Crippen LogP contribution in [0.4, 0.5) is 5.69 Å². The molecule has 0 atom stereocenters. The molecule has 158 valence electrons. The van der Waals surface area contributed by atoms with Crippen LogP contribution in [0.2, 0.25) is 0 Å². The van der Waals surface area contributed by atoms with Crippen molar-refractivity contribution in [3.63, 3.8) is 0 Å². The maximum Gasteiger partial charge on any atom is 0.297 e. The summed E-state index contributed by atoms with van der Waals surface area (Å²) in [6.45, 7) is 1.88. The largest absolute Gasteiger partial charge is 0.455 e. The van der Waals surface area contributed by atoms with Crippen LogP contribution >= 0.6 is 15.9 Å². The number of para-hydroxylation sites is 1. The van der Waals surface area contributed by atoms with Crippen LogP contribution in [0.25, 0.3) is 27.8 Å². The second-order valence-corrected chi connectivity index (χ2v) is 8.37. The Hall–Kier alpha value is -3.64. The zero-order valence-corrected chi connectivity index (χ0v) is 19.2. The number of fused-ring (bicyclic) bond motifs is 1. The highest BCUT2D eigenvalue weighted by molar-refractivity contribution is 9.10. The van der Waals surface area contributed by atoms with Crippen LogP contribution in [0, 0.1) is 6.92 Å². The summed E-state index contributed by atoms with van der Waals surface area (Å²) in [5.74, 6) is 1.34. The van der Waals surface area contributed by atoms with E-state index in [0.29, 0.717) is 11.4 Å². The zero-order valence-electron chi connectivity index (χ0n) is 17.6. The van der Waals surface area contributed by atoms with Crippen LogP contribution in [-0.4, -0.2) is 15.6 Å². The fraction of sp³-hybridized carbons (Fsp3) is 0.0769. The molecule has 0 spiro atoms. The Labute approximate surface area is 193 Å². The number of aliphatic imine (C=N–C) groups is 1. The fourth-order valence-electron chi connectivity index (χ4n) is 3.88. The van der Waals surface area contributed by atoms with Crippen molar-refractivity contribution in [2.75, 3.05) is 0 Å². The van der Waals surface area contributed by atoms with Gasteiger partial charge in [-0.25, -0.2) is 9.67 Å². The summed E-state index contributed by atoms with van der Waals surface area (Å²) in [6, 6.07) is 25.6. The summed E-state index contributed by atoms with van der Waals surface area (Å²) in [7, 11) is 1.85. The first-order valence-corrected chi connectivity index (χ1v) is 11.0. The van der Waals surface area contributed by atoms with Gasteiger partial charge in [0.05, 0.1) is 17.6 Å². The van der Waals surface area contributed by atoms with E-state index < -0.39 is 0 Å². The van der Waals surface area contributed by atoms with Crippen LogP contribution in [0.1, 0.15) is 11.5 Å². The van der Waals surface area contributed by atoms with E-state index in [0.717, 1.165) is 38.0 Å². The lowest BCUT2D eigenvalue weighted by atomic mass is 10.0. The summed E-state index contributed by atoms with van der Waals surface area (Å²) < 4.78 is 10.5. The van der Waals surface area contributed by atoms with E-state index in [1.165, 1.54) is 0 Å². The minimum Gasteiger partial charge on any atom is -0.455 e. The number of benzene rings is 3. The highest BCUT2D eigenvalue weighted by Crippen LogP contribution is 2.34. The summed E-state index contributed by atoms with van der Waals surface area (Å²) in [6.07, 6.45) is 1.60. The van der Waals surface area contributed by atoms with Gasteiger partial charge in [0.15, 0.2) is 5.69 Å². The topological polar surface area (TPSA) is 52.4 Å². The standard InChI is InChI=1S/C26H20BrN3O2/c1-17-25(26(31)30(29(17)2)18-8-4-3-5-9-18)28-16-19-12-15-24(32-19)22-13-14-23(27)21-11-7-6-10-20(21)22/h3-16H,1-2H3. The zero-order chi connectivity index (χ0) is 22.2. The van der Waals surface area contributed by atoms with E-state index in [1.54, 1.807) is 10.9 Å². The van der Waals surface area contributed by atoms with Gasteiger partial charge in [-0.3, -0.25) is 9.48 Å². The van der Waals surface area contributed by atoms with Gasteiger partial charge in [-0.15, -0.1) is 0 Å². The molecule has 0 amide bonds. The normalized spacial score (nSPS) is 11.6.